The number of hydrogen-bond donors (Lipinski definition) is 2. The van der Waals surface area contributed by atoms with Crippen LogP contribution in [0.4, 0.5) is 0 Å². The third kappa shape index (κ3) is 16.2. The number of hydrogen-bond acceptors (Lipinski definition) is 2. The van der Waals surface area contributed by atoms with E-state index in [9.17, 15) is 0 Å². The number of aliphatic imine (C=N–C) groups is 1. The minimum Gasteiger partial charge on any atom is -0.357 e. The van der Waals surface area contributed by atoms with Crippen molar-refractivity contribution in [2.24, 2.45) is 4.99 Å². The zero-order chi connectivity index (χ0) is 15.2. The second kappa shape index (κ2) is 16.3. The van der Waals surface area contributed by atoms with E-state index in [0.717, 1.165) is 25.5 Å². The molecule has 0 aromatic carbocycles. The van der Waals surface area contributed by atoms with Gasteiger partial charge in [-0.2, -0.15) is 0 Å². The van der Waals surface area contributed by atoms with Crippen molar-refractivity contribution in [1.82, 2.24) is 15.5 Å². The molecule has 1 unspecified atom stereocenters. The molecule has 0 amide bonds. The van der Waals surface area contributed by atoms with E-state index in [4.69, 9.17) is 0 Å². The Balaban J connectivity index is 0. The standard InChI is InChI=1S/C16H36N4.HI/c1-6-15(3)19-16(17-7-2)18-13-11-9-8-10-12-14-20(4)5;/h15H,6-14H2,1-5H3,(H2,17,18,19);1H. The molecule has 0 aliphatic rings. The fourth-order valence-corrected chi connectivity index (χ4v) is 1.92. The number of nitrogens with zero attached hydrogens (tertiary/aromatic N) is 2. The summed E-state index contributed by atoms with van der Waals surface area (Å²) in [4.78, 5) is 6.89. The van der Waals surface area contributed by atoms with Gasteiger partial charge in [-0.05, 0) is 53.8 Å². The third-order valence-corrected chi connectivity index (χ3v) is 3.37. The predicted octanol–water partition coefficient (Wildman–Crippen LogP) is 3.47. The van der Waals surface area contributed by atoms with Crippen molar-refractivity contribution < 1.29 is 0 Å². The van der Waals surface area contributed by atoms with Crippen molar-refractivity contribution in [3.8, 4) is 0 Å². The van der Waals surface area contributed by atoms with Crippen LogP contribution in [-0.4, -0.2) is 50.6 Å². The molecule has 5 heteroatoms. The van der Waals surface area contributed by atoms with Crippen molar-refractivity contribution in [3.63, 3.8) is 0 Å². The Hall–Kier alpha value is -0.0400. The molecule has 1 atom stereocenters. The van der Waals surface area contributed by atoms with Gasteiger partial charge in [-0.3, -0.25) is 4.99 Å². The first-order valence-electron chi connectivity index (χ1n) is 8.29. The number of unbranched alkanes of at least 4 members (excludes halogenated alkanes) is 4. The first-order valence-corrected chi connectivity index (χ1v) is 8.29. The Kier molecular flexibility index (Phi) is 18.1. The number of guanidine groups is 1. The molecular weight excluding hydrogens is 375 g/mol. The van der Waals surface area contributed by atoms with Crippen molar-refractivity contribution in [2.45, 2.75) is 65.3 Å². The molecule has 0 saturated heterocycles. The monoisotopic (exact) mass is 412 g/mol. The largest absolute Gasteiger partial charge is 0.357 e. The molecule has 2 N–H and O–H groups in total. The van der Waals surface area contributed by atoms with Gasteiger partial charge in [-0.15, -0.1) is 24.0 Å². The molecule has 128 valence electrons. The van der Waals surface area contributed by atoms with Crippen molar-refractivity contribution in [2.75, 3.05) is 33.7 Å². The molecule has 0 spiro atoms. The van der Waals surface area contributed by atoms with Crippen LogP contribution >= 0.6 is 24.0 Å². The lowest BCUT2D eigenvalue weighted by molar-refractivity contribution is 0.390. The maximum absolute atomic E-state index is 4.63. The van der Waals surface area contributed by atoms with Crippen molar-refractivity contribution in [1.29, 1.82) is 0 Å². The Labute approximate surface area is 149 Å². The average Bonchev–Trinajstić information content (AvgIpc) is 2.41. The molecule has 0 heterocycles. The van der Waals surface area contributed by atoms with Crippen LogP contribution in [0.3, 0.4) is 0 Å². The summed E-state index contributed by atoms with van der Waals surface area (Å²) >= 11 is 0. The summed E-state index contributed by atoms with van der Waals surface area (Å²) in [6.07, 6.45) is 7.59. The van der Waals surface area contributed by atoms with Crippen LogP contribution < -0.4 is 10.6 Å². The molecule has 21 heavy (non-hydrogen) atoms. The average molecular weight is 412 g/mol. The Morgan fingerprint density at radius 2 is 1.67 bits per heavy atom. The van der Waals surface area contributed by atoms with Crippen molar-refractivity contribution >= 4 is 29.9 Å². The summed E-state index contributed by atoms with van der Waals surface area (Å²) < 4.78 is 0. The van der Waals surface area contributed by atoms with E-state index >= 15 is 0 Å². The van der Waals surface area contributed by atoms with Crippen LogP contribution in [-0.2, 0) is 0 Å². The molecule has 0 aliphatic heterocycles. The summed E-state index contributed by atoms with van der Waals surface area (Å²) in [6, 6.07) is 0.485. The Morgan fingerprint density at radius 3 is 2.24 bits per heavy atom. The lowest BCUT2D eigenvalue weighted by Crippen LogP contribution is -2.42. The van der Waals surface area contributed by atoms with Gasteiger partial charge in [-0.1, -0.05) is 26.2 Å². The van der Waals surface area contributed by atoms with Gasteiger partial charge in [0, 0.05) is 19.1 Å². The summed E-state index contributed by atoms with van der Waals surface area (Å²) in [7, 11) is 4.28. The maximum Gasteiger partial charge on any atom is 0.191 e. The minimum absolute atomic E-state index is 0. The lowest BCUT2D eigenvalue weighted by atomic mass is 10.1. The van der Waals surface area contributed by atoms with Crippen LogP contribution in [0.2, 0.25) is 0 Å². The molecule has 4 nitrogen and oxygen atoms in total. The highest BCUT2D eigenvalue weighted by molar-refractivity contribution is 14.0. The molecule has 0 aromatic rings. The van der Waals surface area contributed by atoms with E-state index in [1.807, 2.05) is 0 Å². The zero-order valence-electron chi connectivity index (χ0n) is 14.7. The van der Waals surface area contributed by atoms with E-state index in [1.54, 1.807) is 0 Å². The molecule has 0 rings (SSSR count). The number of nitrogens with one attached hydrogen (secondary N) is 2. The quantitative estimate of drug-likeness (QED) is 0.236. The van der Waals surface area contributed by atoms with Gasteiger partial charge < -0.3 is 15.5 Å². The molecule has 0 fully saturated rings. The number of rotatable bonds is 11. The molecule has 0 radical (unpaired) electrons. The first-order chi connectivity index (χ1) is 9.60. The lowest BCUT2D eigenvalue weighted by Gasteiger charge is -2.16. The highest BCUT2D eigenvalue weighted by atomic mass is 127. The van der Waals surface area contributed by atoms with Gasteiger partial charge in [0.2, 0.25) is 0 Å². The second-order valence-electron chi connectivity index (χ2n) is 5.79. The van der Waals surface area contributed by atoms with E-state index in [1.165, 1.54) is 38.6 Å². The summed E-state index contributed by atoms with van der Waals surface area (Å²) in [6.45, 7) is 9.55. The van der Waals surface area contributed by atoms with Gasteiger partial charge in [-0.25, -0.2) is 0 Å². The Bertz CT molecular complexity index is 244. The molecule has 0 aromatic heterocycles. The van der Waals surface area contributed by atoms with Crippen LogP contribution in [0.15, 0.2) is 4.99 Å². The second-order valence-corrected chi connectivity index (χ2v) is 5.79. The first kappa shape index (κ1) is 23.2. The fourth-order valence-electron chi connectivity index (χ4n) is 1.92. The fraction of sp³-hybridized carbons (Fsp3) is 0.938. The highest BCUT2D eigenvalue weighted by Crippen LogP contribution is 2.03. The van der Waals surface area contributed by atoms with Gasteiger partial charge in [0.15, 0.2) is 5.96 Å². The minimum atomic E-state index is 0. The van der Waals surface area contributed by atoms with E-state index in [2.05, 4.69) is 55.4 Å². The van der Waals surface area contributed by atoms with Crippen LogP contribution in [0.1, 0.15) is 59.3 Å². The van der Waals surface area contributed by atoms with E-state index < -0.39 is 0 Å². The number of halogens is 1. The molecule has 0 aliphatic carbocycles. The van der Waals surface area contributed by atoms with E-state index in [0.29, 0.717) is 6.04 Å². The van der Waals surface area contributed by atoms with E-state index in [-0.39, 0.29) is 24.0 Å². The topological polar surface area (TPSA) is 39.7 Å². The summed E-state index contributed by atoms with van der Waals surface area (Å²) in [5.41, 5.74) is 0. The van der Waals surface area contributed by atoms with Crippen LogP contribution in [0.5, 0.6) is 0 Å². The van der Waals surface area contributed by atoms with Crippen LogP contribution in [0.25, 0.3) is 0 Å². The molecule has 0 bridgehead atoms. The molecular formula is C16H37IN4. The Morgan fingerprint density at radius 1 is 1.05 bits per heavy atom. The smallest absolute Gasteiger partial charge is 0.191 e. The SMILES string of the molecule is CCNC(=NCCCCCCCN(C)C)NC(C)CC.I. The van der Waals surface area contributed by atoms with Gasteiger partial charge in [0.1, 0.15) is 0 Å². The predicted molar refractivity (Wildman–Crippen MR) is 106 cm³/mol. The third-order valence-electron chi connectivity index (χ3n) is 3.37. The zero-order valence-corrected chi connectivity index (χ0v) is 17.1. The van der Waals surface area contributed by atoms with Gasteiger partial charge in [0.25, 0.3) is 0 Å². The maximum atomic E-state index is 4.63. The summed E-state index contributed by atoms with van der Waals surface area (Å²) in [5.74, 6) is 0.967. The van der Waals surface area contributed by atoms with Crippen LogP contribution in [0, 0.1) is 0 Å². The normalized spacial score (nSPS) is 13.0. The highest BCUT2D eigenvalue weighted by Gasteiger charge is 2.01. The molecule has 0 saturated carbocycles. The summed E-state index contributed by atoms with van der Waals surface area (Å²) in [5, 5.41) is 6.73. The van der Waals surface area contributed by atoms with Gasteiger partial charge in [0.05, 0.1) is 0 Å². The van der Waals surface area contributed by atoms with Crippen molar-refractivity contribution in [3.05, 3.63) is 0 Å². The van der Waals surface area contributed by atoms with Gasteiger partial charge >= 0.3 is 0 Å².